The summed E-state index contributed by atoms with van der Waals surface area (Å²) in [5.74, 6) is 0.911. The number of carbonyl (C=O) groups excluding carboxylic acids is 1. The Morgan fingerprint density at radius 1 is 1.18 bits per heavy atom. The van der Waals surface area contributed by atoms with Gasteiger partial charge in [0.15, 0.2) is 0 Å². The second-order valence-electron chi connectivity index (χ2n) is 9.12. The van der Waals surface area contributed by atoms with Gasteiger partial charge >= 0.3 is 0 Å². The second kappa shape index (κ2) is 8.91. The topological polar surface area (TPSA) is 83.1 Å². The van der Waals surface area contributed by atoms with Crippen molar-refractivity contribution in [1.82, 2.24) is 25.4 Å². The number of aromatic amines is 1. The summed E-state index contributed by atoms with van der Waals surface area (Å²) in [7, 11) is 0. The summed E-state index contributed by atoms with van der Waals surface area (Å²) in [5.41, 5.74) is 5.73. The van der Waals surface area contributed by atoms with Gasteiger partial charge in [0.1, 0.15) is 5.75 Å². The fourth-order valence-electron chi connectivity index (χ4n) is 5.02. The number of H-pyrrole nitrogens is 1. The standard InChI is InChI=1S/C27H27N5O2/c33-27(29-22-5-3-12-32(17-22)16-21-4-1-2-11-28-21)20-6-8-24-23(15-20)26(31-30-24)19-7-9-25-18(14-19)10-13-34-25/h1-2,4,6-9,11,14-15,22H,3,5,10,12-13,16-17H2,(H,29,33)(H,30,31)/t22-/m1/s1. The van der Waals surface area contributed by atoms with Gasteiger partial charge in [-0.1, -0.05) is 6.07 Å². The van der Waals surface area contributed by atoms with Gasteiger partial charge in [0.2, 0.25) is 0 Å². The molecular weight excluding hydrogens is 426 g/mol. The van der Waals surface area contributed by atoms with Crippen molar-refractivity contribution in [3.8, 4) is 17.0 Å². The normalized spacial score (nSPS) is 17.9. The maximum Gasteiger partial charge on any atom is 0.251 e. The van der Waals surface area contributed by atoms with Gasteiger partial charge in [-0.15, -0.1) is 0 Å². The molecule has 4 aromatic rings. The Bertz CT molecular complexity index is 1330. The summed E-state index contributed by atoms with van der Waals surface area (Å²) in [6.07, 6.45) is 4.79. The number of nitrogens with one attached hydrogen (secondary N) is 2. The van der Waals surface area contributed by atoms with E-state index in [1.54, 1.807) is 0 Å². The van der Waals surface area contributed by atoms with Gasteiger partial charge in [0.05, 0.1) is 23.5 Å². The first-order valence-electron chi connectivity index (χ1n) is 11.9. The molecule has 1 fully saturated rings. The van der Waals surface area contributed by atoms with Gasteiger partial charge < -0.3 is 10.1 Å². The molecule has 1 amide bonds. The number of likely N-dealkylation sites (tertiary alicyclic amines) is 1. The van der Waals surface area contributed by atoms with Crippen molar-refractivity contribution in [1.29, 1.82) is 0 Å². The summed E-state index contributed by atoms with van der Waals surface area (Å²) in [4.78, 5) is 20.0. The minimum atomic E-state index is -0.0407. The number of piperidine rings is 1. The molecule has 1 saturated heterocycles. The summed E-state index contributed by atoms with van der Waals surface area (Å²) in [6, 6.07) is 18.1. The van der Waals surface area contributed by atoms with Crippen LogP contribution in [0.25, 0.3) is 22.2 Å². The molecule has 1 atom stereocenters. The van der Waals surface area contributed by atoms with E-state index in [-0.39, 0.29) is 11.9 Å². The van der Waals surface area contributed by atoms with Crippen LogP contribution in [0.3, 0.4) is 0 Å². The van der Waals surface area contributed by atoms with E-state index in [9.17, 15) is 4.79 Å². The Labute approximate surface area is 198 Å². The molecule has 0 bridgehead atoms. The van der Waals surface area contributed by atoms with Crippen LogP contribution in [-0.4, -0.2) is 51.7 Å². The second-order valence-corrected chi connectivity index (χ2v) is 9.12. The molecule has 0 aliphatic carbocycles. The smallest absolute Gasteiger partial charge is 0.251 e. The van der Waals surface area contributed by atoms with E-state index in [1.165, 1.54) is 5.56 Å². The first kappa shape index (κ1) is 20.9. The van der Waals surface area contributed by atoms with Crippen LogP contribution >= 0.6 is 0 Å². The fourth-order valence-corrected chi connectivity index (χ4v) is 5.02. The molecule has 34 heavy (non-hydrogen) atoms. The summed E-state index contributed by atoms with van der Waals surface area (Å²) >= 11 is 0. The highest BCUT2D eigenvalue weighted by atomic mass is 16.5. The van der Waals surface area contributed by atoms with Gasteiger partial charge in [-0.05, 0) is 73.5 Å². The lowest BCUT2D eigenvalue weighted by Crippen LogP contribution is -2.47. The first-order chi connectivity index (χ1) is 16.7. The van der Waals surface area contributed by atoms with Gasteiger partial charge in [0.25, 0.3) is 5.91 Å². The molecule has 172 valence electrons. The monoisotopic (exact) mass is 453 g/mol. The first-order valence-corrected chi connectivity index (χ1v) is 11.9. The maximum absolute atomic E-state index is 13.2. The van der Waals surface area contributed by atoms with Gasteiger partial charge in [0, 0.05) is 48.3 Å². The van der Waals surface area contributed by atoms with Gasteiger partial charge in [-0.3, -0.25) is 19.8 Å². The van der Waals surface area contributed by atoms with Crippen molar-refractivity contribution < 1.29 is 9.53 Å². The number of benzene rings is 2. The zero-order chi connectivity index (χ0) is 22.9. The Morgan fingerprint density at radius 2 is 2.15 bits per heavy atom. The third-order valence-electron chi connectivity index (χ3n) is 6.74. The number of nitrogens with zero attached hydrogens (tertiary/aromatic N) is 3. The number of carbonyl (C=O) groups is 1. The van der Waals surface area contributed by atoms with Gasteiger partial charge in [-0.25, -0.2) is 0 Å². The minimum absolute atomic E-state index is 0.0407. The van der Waals surface area contributed by atoms with Crippen LogP contribution in [0.1, 0.15) is 34.5 Å². The zero-order valence-corrected chi connectivity index (χ0v) is 19.0. The molecule has 2 N–H and O–H groups in total. The summed E-state index contributed by atoms with van der Waals surface area (Å²) in [5, 5.41) is 11.9. The third-order valence-corrected chi connectivity index (χ3v) is 6.74. The van der Waals surface area contributed by atoms with E-state index in [1.807, 2.05) is 54.7 Å². The van der Waals surface area contributed by atoms with Crippen LogP contribution in [0.15, 0.2) is 60.8 Å². The number of amides is 1. The fraction of sp³-hybridized carbons (Fsp3) is 0.296. The number of pyridine rings is 1. The van der Waals surface area contributed by atoms with Gasteiger partial charge in [-0.2, -0.15) is 5.10 Å². The molecule has 7 heteroatoms. The lowest BCUT2D eigenvalue weighted by molar-refractivity contribution is 0.0900. The highest BCUT2D eigenvalue weighted by Crippen LogP contribution is 2.33. The van der Waals surface area contributed by atoms with Crippen LogP contribution < -0.4 is 10.1 Å². The number of fused-ring (bicyclic) bond motifs is 2. The Kier molecular flexibility index (Phi) is 5.47. The molecule has 2 aromatic carbocycles. The average molecular weight is 454 g/mol. The number of ether oxygens (including phenoxy) is 1. The molecule has 0 spiro atoms. The van der Waals surface area contributed by atoms with E-state index in [0.29, 0.717) is 5.56 Å². The van der Waals surface area contributed by atoms with E-state index < -0.39 is 0 Å². The van der Waals surface area contributed by atoms with Crippen LogP contribution in [-0.2, 0) is 13.0 Å². The largest absolute Gasteiger partial charge is 0.493 e. The predicted octanol–water partition coefficient (Wildman–Crippen LogP) is 3.95. The van der Waals surface area contributed by atoms with Crippen LogP contribution in [0, 0.1) is 0 Å². The molecule has 7 nitrogen and oxygen atoms in total. The Morgan fingerprint density at radius 3 is 3.06 bits per heavy atom. The quantitative estimate of drug-likeness (QED) is 0.478. The Hall–Kier alpha value is -3.71. The lowest BCUT2D eigenvalue weighted by atomic mass is 10.0. The molecule has 2 aliphatic rings. The molecule has 0 saturated carbocycles. The van der Waals surface area contributed by atoms with E-state index in [4.69, 9.17) is 4.74 Å². The highest BCUT2D eigenvalue weighted by Gasteiger charge is 2.23. The van der Waals surface area contributed by atoms with Crippen molar-refractivity contribution >= 4 is 16.8 Å². The highest BCUT2D eigenvalue weighted by molar-refractivity contribution is 6.01. The van der Waals surface area contributed by atoms with E-state index in [2.05, 4.69) is 31.5 Å². The van der Waals surface area contributed by atoms with E-state index >= 15 is 0 Å². The number of hydrogen-bond acceptors (Lipinski definition) is 5. The summed E-state index contributed by atoms with van der Waals surface area (Å²) in [6.45, 7) is 3.39. The molecule has 6 rings (SSSR count). The van der Waals surface area contributed by atoms with Crippen molar-refractivity contribution in [2.75, 3.05) is 19.7 Å². The lowest BCUT2D eigenvalue weighted by Gasteiger charge is -2.32. The van der Waals surface area contributed by atoms with Crippen LogP contribution in [0.4, 0.5) is 0 Å². The van der Waals surface area contributed by atoms with Crippen LogP contribution in [0.2, 0.25) is 0 Å². The molecule has 0 unspecified atom stereocenters. The van der Waals surface area contributed by atoms with Crippen molar-refractivity contribution in [2.24, 2.45) is 0 Å². The molecule has 4 heterocycles. The SMILES string of the molecule is O=C(N[C@@H]1CCCN(Cc2ccccn2)C1)c1ccc2[nH]nc(-c3ccc4c(c3)CCO4)c2c1. The van der Waals surface area contributed by atoms with Crippen molar-refractivity contribution in [3.05, 3.63) is 77.6 Å². The number of hydrogen-bond donors (Lipinski definition) is 2. The third kappa shape index (κ3) is 4.15. The minimum Gasteiger partial charge on any atom is -0.493 e. The molecule has 2 aromatic heterocycles. The molecule has 0 radical (unpaired) electrons. The van der Waals surface area contributed by atoms with Crippen LogP contribution in [0.5, 0.6) is 5.75 Å². The van der Waals surface area contributed by atoms with Crippen molar-refractivity contribution in [3.63, 3.8) is 0 Å². The zero-order valence-electron chi connectivity index (χ0n) is 19.0. The maximum atomic E-state index is 13.2. The molecular formula is C27H27N5O2. The number of rotatable bonds is 5. The van der Waals surface area contributed by atoms with E-state index in [0.717, 1.165) is 79.1 Å². The number of aromatic nitrogens is 3. The molecule has 2 aliphatic heterocycles. The van der Waals surface area contributed by atoms with Crippen molar-refractivity contribution in [2.45, 2.75) is 31.8 Å². The average Bonchev–Trinajstić information content (AvgIpc) is 3.51. The Balaban J connectivity index is 1.18. The predicted molar refractivity (Wildman–Crippen MR) is 131 cm³/mol. The summed E-state index contributed by atoms with van der Waals surface area (Å²) < 4.78 is 5.63.